The summed E-state index contributed by atoms with van der Waals surface area (Å²) < 4.78 is 0. The van der Waals surface area contributed by atoms with Crippen LogP contribution in [0.1, 0.15) is 17.2 Å². The molecular formula is C22H23N3O2. The summed E-state index contributed by atoms with van der Waals surface area (Å²) in [5.74, 6) is -0.358. The van der Waals surface area contributed by atoms with Crippen molar-refractivity contribution in [3.63, 3.8) is 0 Å². The summed E-state index contributed by atoms with van der Waals surface area (Å²) in [6.45, 7) is 0.575. The first-order valence-corrected chi connectivity index (χ1v) is 8.84. The molecule has 3 rings (SSSR count). The average Bonchev–Trinajstić information content (AvgIpc) is 2.68. The Hall–Kier alpha value is -3.18. The standard InChI is InChI=1S/C22H23N3O2/c1-23-22(27)24-21(26)20(18-9-4-3-5-10-18)25(2)15-16-12-13-17-8-6-7-11-19(17)14-16/h3-14,20H,15H2,1-2H3,(H2,23,24,26,27)/t20-/m0/s1. The summed E-state index contributed by atoms with van der Waals surface area (Å²) in [5.41, 5.74) is 1.94. The number of nitrogens with one attached hydrogen (secondary N) is 2. The maximum atomic E-state index is 12.7. The molecule has 0 spiro atoms. The number of nitrogens with zero attached hydrogens (tertiary/aromatic N) is 1. The van der Waals surface area contributed by atoms with Gasteiger partial charge < -0.3 is 5.32 Å². The van der Waals surface area contributed by atoms with Gasteiger partial charge in [0.15, 0.2) is 0 Å². The van der Waals surface area contributed by atoms with Crippen molar-refractivity contribution in [3.8, 4) is 0 Å². The van der Waals surface area contributed by atoms with E-state index in [1.165, 1.54) is 12.4 Å². The fraction of sp³-hybridized carbons (Fsp3) is 0.182. The molecule has 0 bridgehead atoms. The van der Waals surface area contributed by atoms with Gasteiger partial charge in [-0.2, -0.15) is 0 Å². The molecule has 0 aliphatic carbocycles. The highest BCUT2D eigenvalue weighted by molar-refractivity contribution is 5.97. The molecular weight excluding hydrogens is 338 g/mol. The van der Waals surface area contributed by atoms with Gasteiger partial charge in [0.05, 0.1) is 0 Å². The zero-order valence-electron chi connectivity index (χ0n) is 15.5. The van der Waals surface area contributed by atoms with Crippen LogP contribution in [0.25, 0.3) is 10.8 Å². The SMILES string of the molecule is CNC(=O)NC(=O)[C@H](c1ccccc1)N(C)Cc1ccc2ccccc2c1. The van der Waals surface area contributed by atoms with Gasteiger partial charge in [0, 0.05) is 13.6 Å². The second-order valence-electron chi connectivity index (χ2n) is 6.48. The van der Waals surface area contributed by atoms with Crippen molar-refractivity contribution in [1.82, 2.24) is 15.5 Å². The molecule has 138 valence electrons. The minimum Gasteiger partial charge on any atom is -0.341 e. The molecule has 0 saturated heterocycles. The van der Waals surface area contributed by atoms with Crippen LogP contribution in [0, 0.1) is 0 Å². The molecule has 5 nitrogen and oxygen atoms in total. The molecule has 0 aromatic heterocycles. The van der Waals surface area contributed by atoms with Gasteiger partial charge in [-0.05, 0) is 35.0 Å². The second kappa shape index (κ2) is 8.47. The van der Waals surface area contributed by atoms with Crippen molar-refractivity contribution in [2.24, 2.45) is 0 Å². The highest BCUT2D eigenvalue weighted by atomic mass is 16.2. The third kappa shape index (κ3) is 4.51. The first-order valence-electron chi connectivity index (χ1n) is 8.84. The molecule has 0 unspecified atom stereocenters. The lowest BCUT2D eigenvalue weighted by molar-refractivity contribution is -0.125. The van der Waals surface area contributed by atoms with Gasteiger partial charge in [-0.15, -0.1) is 0 Å². The monoisotopic (exact) mass is 361 g/mol. The Kier molecular flexibility index (Phi) is 5.84. The molecule has 0 aliphatic heterocycles. The summed E-state index contributed by atoms with van der Waals surface area (Å²) in [6.07, 6.45) is 0. The Morgan fingerprint density at radius 1 is 0.926 bits per heavy atom. The van der Waals surface area contributed by atoms with Crippen LogP contribution >= 0.6 is 0 Å². The second-order valence-corrected chi connectivity index (χ2v) is 6.48. The van der Waals surface area contributed by atoms with E-state index in [1.807, 2.05) is 54.4 Å². The predicted octanol–water partition coefficient (Wildman–Crippen LogP) is 3.47. The van der Waals surface area contributed by atoms with Crippen LogP contribution in [-0.4, -0.2) is 30.9 Å². The Balaban J connectivity index is 1.86. The number of urea groups is 1. The molecule has 0 heterocycles. The van der Waals surface area contributed by atoms with E-state index in [0.717, 1.165) is 16.5 Å². The maximum Gasteiger partial charge on any atom is 0.321 e. The Morgan fingerprint density at radius 3 is 2.30 bits per heavy atom. The number of amides is 3. The van der Waals surface area contributed by atoms with Crippen molar-refractivity contribution in [2.75, 3.05) is 14.1 Å². The number of imide groups is 1. The van der Waals surface area contributed by atoms with E-state index < -0.39 is 12.1 Å². The van der Waals surface area contributed by atoms with Gasteiger partial charge >= 0.3 is 6.03 Å². The molecule has 2 N–H and O–H groups in total. The van der Waals surface area contributed by atoms with Gasteiger partial charge in [-0.1, -0.05) is 66.7 Å². The molecule has 0 radical (unpaired) electrons. The number of carbonyl (C=O) groups excluding carboxylic acids is 2. The van der Waals surface area contributed by atoms with Gasteiger partial charge in [0.1, 0.15) is 6.04 Å². The van der Waals surface area contributed by atoms with E-state index in [1.54, 1.807) is 0 Å². The molecule has 5 heteroatoms. The number of hydrogen-bond acceptors (Lipinski definition) is 3. The molecule has 0 aliphatic rings. The number of carbonyl (C=O) groups is 2. The van der Waals surface area contributed by atoms with E-state index in [9.17, 15) is 9.59 Å². The van der Waals surface area contributed by atoms with Crippen LogP contribution in [0.3, 0.4) is 0 Å². The molecule has 3 aromatic rings. The van der Waals surface area contributed by atoms with E-state index >= 15 is 0 Å². The lowest BCUT2D eigenvalue weighted by Crippen LogP contribution is -2.44. The Morgan fingerprint density at radius 2 is 1.59 bits per heavy atom. The molecule has 0 saturated carbocycles. The van der Waals surface area contributed by atoms with Gasteiger partial charge in [0.2, 0.25) is 5.91 Å². The van der Waals surface area contributed by atoms with E-state index in [4.69, 9.17) is 0 Å². The largest absolute Gasteiger partial charge is 0.341 e. The van der Waals surface area contributed by atoms with E-state index in [2.05, 4.69) is 41.0 Å². The minimum absolute atomic E-state index is 0.358. The van der Waals surface area contributed by atoms with Crippen molar-refractivity contribution >= 4 is 22.7 Å². The molecule has 3 aromatic carbocycles. The average molecular weight is 361 g/mol. The smallest absolute Gasteiger partial charge is 0.321 e. The quantitative estimate of drug-likeness (QED) is 0.731. The van der Waals surface area contributed by atoms with Crippen molar-refractivity contribution in [3.05, 3.63) is 83.9 Å². The fourth-order valence-corrected chi connectivity index (χ4v) is 3.20. The third-order valence-corrected chi connectivity index (χ3v) is 4.51. The summed E-state index contributed by atoms with van der Waals surface area (Å²) in [5, 5.41) is 7.16. The number of benzene rings is 3. The highest BCUT2D eigenvalue weighted by Crippen LogP contribution is 2.23. The van der Waals surface area contributed by atoms with Crippen LogP contribution in [0.15, 0.2) is 72.8 Å². The number of rotatable bonds is 5. The summed E-state index contributed by atoms with van der Waals surface area (Å²) >= 11 is 0. The number of hydrogen-bond donors (Lipinski definition) is 2. The lowest BCUT2D eigenvalue weighted by atomic mass is 10.0. The number of likely N-dealkylation sites (N-methyl/N-ethyl adjacent to an activating group) is 1. The third-order valence-electron chi connectivity index (χ3n) is 4.51. The van der Waals surface area contributed by atoms with Crippen LogP contribution in [0.2, 0.25) is 0 Å². The van der Waals surface area contributed by atoms with Gasteiger partial charge in [-0.3, -0.25) is 15.0 Å². The van der Waals surface area contributed by atoms with Crippen LogP contribution in [0.4, 0.5) is 4.79 Å². The first kappa shape index (κ1) is 18.6. The molecule has 1 atom stereocenters. The topological polar surface area (TPSA) is 61.4 Å². The van der Waals surface area contributed by atoms with Crippen molar-refractivity contribution in [2.45, 2.75) is 12.6 Å². The molecule has 0 fully saturated rings. The first-order chi connectivity index (χ1) is 13.1. The van der Waals surface area contributed by atoms with Crippen LogP contribution < -0.4 is 10.6 Å². The zero-order valence-corrected chi connectivity index (χ0v) is 15.5. The lowest BCUT2D eigenvalue weighted by Gasteiger charge is -2.27. The Labute approximate surface area is 159 Å². The van der Waals surface area contributed by atoms with Crippen LogP contribution in [0.5, 0.6) is 0 Å². The van der Waals surface area contributed by atoms with Crippen molar-refractivity contribution in [1.29, 1.82) is 0 Å². The van der Waals surface area contributed by atoms with Gasteiger partial charge in [0.25, 0.3) is 0 Å². The van der Waals surface area contributed by atoms with Gasteiger partial charge in [-0.25, -0.2) is 4.79 Å². The molecule has 27 heavy (non-hydrogen) atoms. The Bertz CT molecular complexity index is 940. The number of fused-ring (bicyclic) bond motifs is 1. The highest BCUT2D eigenvalue weighted by Gasteiger charge is 2.26. The zero-order chi connectivity index (χ0) is 19.2. The van der Waals surface area contributed by atoms with E-state index in [-0.39, 0.29) is 5.91 Å². The summed E-state index contributed by atoms with van der Waals surface area (Å²) in [6, 6.07) is 22.8. The fourth-order valence-electron chi connectivity index (χ4n) is 3.20. The van der Waals surface area contributed by atoms with Crippen molar-refractivity contribution < 1.29 is 9.59 Å². The van der Waals surface area contributed by atoms with E-state index in [0.29, 0.717) is 6.54 Å². The maximum absolute atomic E-state index is 12.7. The normalized spacial score (nSPS) is 12.0. The van der Waals surface area contributed by atoms with Crippen LogP contribution in [-0.2, 0) is 11.3 Å². The summed E-state index contributed by atoms with van der Waals surface area (Å²) in [4.78, 5) is 26.3. The summed E-state index contributed by atoms with van der Waals surface area (Å²) in [7, 11) is 3.37. The predicted molar refractivity (Wildman–Crippen MR) is 107 cm³/mol. The molecule has 3 amide bonds. The minimum atomic E-state index is -0.574.